The van der Waals surface area contributed by atoms with Gasteiger partial charge in [0.05, 0.1) is 4.90 Å². The van der Waals surface area contributed by atoms with Crippen molar-refractivity contribution in [2.45, 2.75) is 30.6 Å². The van der Waals surface area contributed by atoms with Crippen LogP contribution in [-0.2, 0) is 22.9 Å². The van der Waals surface area contributed by atoms with E-state index >= 15 is 0 Å². The van der Waals surface area contributed by atoms with Crippen molar-refractivity contribution >= 4 is 27.5 Å². The molecular formula is C23H24N4O4S. The largest absolute Gasteiger partial charge is 0.477 e. The summed E-state index contributed by atoms with van der Waals surface area (Å²) in [5.41, 5.74) is 1.68. The summed E-state index contributed by atoms with van der Waals surface area (Å²) in [5, 5.41) is 12.5. The predicted octanol–water partition coefficient (Wildman–Crippen LogP) is 3.49. The van der Waals surface area contributed by atoms with Crippen molar-refractivity contribution in [2.24, 2.45) is 0 Å². The summed E-state index contributed by atoms with van der Waals surface area (Å²) in [6, 6.07) is 16.1. The zero-order valence-electron chi connectivity index (χ0n) is 17.4. The number of carboxylic acid groups (broad SMARTS) is 1. The van der Waals surface area contributed by atoms with E-state index in [-0.39, 0.29) is 11.4 Å². The predicted molar refractivity (Wildman–Crippen MR) is 121 cm³/mol. The Morgan fingerprint density at radius 3 is 2.34 bits per heavy atom. The summed E-state index contributed by atoms with van der Waals surface area (Å²) in [6.07, 6.45) is 4.20. The van der Waals surface area contributed by atoms with Crippen LogP contribution in [0.1, 0.15) is 34.6 Å². The number of rotatable bonds is 8. The highest BCUT2D eigenvalue weighted by Gasteiger charge is 2.26. The lowest BCUT2D eigenvalue weighted by molar-refractivity contribution is 0.0697. The number of hydrogen-bond acceptors (Lipinski definition) is 6. The van der Waals surface area contributed by atoms with Gasteiger partial charge in [-0.3, -0.25) is 0 Å². The average Bonchev–Trinajstić information content (AvgIpc) is 3.35. The van der Waals surface area contributed by atoms with Gasteiger partial charge in [0.15, 0.2) is 0 Å². The lowest BCUT2D eigenvalue weighted by Crippen LogP contribution is -2.27. The number of nitrogens with one attached hydrogen (secondary N) is 1. The van der Waals surface area contributed by atoms with Crippen LogP contribution < -0.4 is 5.32 Å². The summed E-state index contributed by atoms with van der Waals surface area (Å²) >= 11 is 0. The molecule has 0 radical (unpaired) electrons. The maximum atomic E-state index is 12.7. The Kier molecular flexibility index (Phi) is 6.48. The first-order valence-corrected chi connectivity index (χ1v) is 11.9. The summed E-state index contributed by atoms with van der Waals surface area (Å²) in [7, 11) is -3.43. The van der Waals surface area contributed by atoms with Crippen LogP contribution in [0.5, 0.6) is 0 Å². The van der Waals surface area contributed by atoms with E-state index in [0.717, 1.165) is 24.1 Å². The van der Waals surface area contributed by atoms with Crippen molar-refractivity contribution < 1.29 is 18.3 Å². The molecule has 1 saturated heterocycles. The van der Waals surface area contributed by atoms with Gasteiger partial charge in [-0.25, -0.2) is 23.2 Å². The van der Waals surface area contributed by atoms with Crippen molar-refractivity contribution in [3.05, 3.63) is 77.7 Å². The average molecular weight is 453 g/mol. The van der Waals surface area contributed by atoms with Crippen LogP contribution in [0, 0.1) is 0 Å². The minimum absolute atomic E-state index is 0.00549. The maximum Gasteiger partial charge on any atom is 0.341 e. The van der Waals surface area contributed by atoms with Crippen LogP contribution in [0.15, 0.2) is 65.7 Å². The molecule has 0 amide bonds. The monoisotopic (exact) mass is 452 g/mol. The van der Waals surface area contributed by atoms with Gasteiger partial charge in [-0.1, -0.05) is 30.3 Å². The Morgan fingerprint density at radius 2 is 1.69 bits per heavy atom. The van der Waals surface area contributed by atoms with Gasteiger partial charge >= 0.3 is 5.97 Å². The smallest absolute Gasteiger partial charge is 0.341 e. The van der Waals surface area contributed by atoms with Crippen LogP contribution in [0.2, 0.25) is 0 Å². The fraction of sp³-hybridized carbons (Fsp3) is 0.261. The molecule has 1 aromatic heterocycles. The molecule has 1 aliphatic heterocycles. The fourth-order valence-electron chi connectivity index (χ4n) is 3.61. The van der Waals surface area contributed by atoms with E-state index in [1.54, 1.807) is 24.3 Å². The topological polar surface area (TPSA) is 112 Å². The molecular weight excluding hydrogens is 428 g/mol. The zero-order valence-corrected chi connectivity index (χ0v) is 18.3. The Morgan fingerprint density at radius 1 is 1.00 bits per heavy atom. The molecule has 3 aromatic rings. The third-order valence-corrected chi connectivity index (χ3v) is 7.28. The highest BCUT2D eigenvalue weighted by molar-refractivity contribution is 7.89. The first-order chi connectivity index (χ1) is 15.4. The number of para-hydroxylation sites is 1. The number of aryl methyl sites for hydroxylation is 2. The van der Waals surface area contributed by atoms with Crippen molar-refractivity contribution in [1.29, 1.82) is 0 Å². The molecule has 2 heterocycles. The standard InChI is InChI=1S/C23H24N4O4S/c28-23(29)20-16-24-21(26-22(20)25-18-6-2-1-3-7-18)13-10-17-8-11-19(12-9-17)32(30,31)27-14-4-5-15-27/h1-3,6-9,11-12,16H,4-5,10,13-15H2,(H,28,29)(H,24,25,26). The number of benzene rings is 2. The van der Waals surface area contributed by atoms with Gasteiger partial charge in [-0.2, -0.15) is 4.31 Å². The number of aromatic nitrogens is 2. The first kappa shape index (κ1) is 21.9. The summed E-state index contributed by atoms with van der Waals surface area (Å²) in [4.78, 5) is 20.4. The second-order valence-corrected chi connectivity index (χ2v) is 9.54. The van der Waals surface area contributed by atoms with Crippen LogP contribution >= 0.6 is 0 Å². The second-order valence-electron chi connectivity index (χ2n) is 7.60. The molecule has 9 heteroatoms. The van der Waals surface area contributed by atoms with Gasteiger partial charge in [-0.15, -0.1) is 0 Å². The Hall–Kier alpha value is -3.30. The Balaban J connectivity index is 1.46. The van der Waals surface area contributed by atoms with E-state index in [4.69, 9.17) is 0 Å². The number of carbonyl (C=O) groups is 1. The summed E-state index contributed by atoms with van der Waals surface area (Å²) < 4.78 is 26.8. The van der Waals surface area contributed by atoms with Crippen molar-refractivity contribution in [1.82, 2.24) is 14.3 Å². The Labute approximate surface area is 187 Å². The van der Waals surface area contributed by atoms with Gasteiger partial charge in [0.1, 0.15) is 17.2 Å². The molecule has 0 bridgehead atoms. The quantitative estimate of drug-likeness (QED) is 0.538. The first-order valence-electron chi connectivity index (χ1n) is 10.4. The van der Waals surface area contributed by atoms with E-state index in [9.17, 15) is 18.3 Å². The molecule has 0 atom stereocenters. The summed E-state index contributed by atoms with van der Waals surface area (Å²) in [5.74, 6) is -0.368. The molecule has 1 aliphatic rings. The van der Waals surface area contributed by atoms with Gasteiger partial charge < -0.3 is 10.4 Å². The van der Waals surface area contributed by atoms with Crippen LogP contribution in [0.4, 0.5) is 11.5 Å². The molecule has 0 aliphatic carbocycles. The fourth-order valence-corrected chi connectivity index (χ4v) is 5.13. The normalized spacial score (nSPS) is 14.4. The molecule has 0 unspecified atom stereocenters. The maximum absolute atomic E-state index is 12.7. The van der Waals surface area contributed by atoms with Gasteiger partial charge in [-0.05, 0) is 49.1 Å². The molecule has 32 heavy (non-hydrogen) atoms. The molecule has 4 rings (SSSR count). The van der Waals surface area contributed by atoms with Crippen LogP contribution in [0.25, 0.3) is 0 Å². The van der Waals surface area contributed by atoms with Crippen molar-refractivity contribution in [3.63, 3.8) is 0 Å². The van der Waals surface area contributed by atoms with Crippen molar-refractivity contribution in [2.75, 3.05) is 18.4 Å². The molecule has 2 N–H and O–H groups in total. The lowest BCUT2D eigenvalue weighted by atomic mass is 10.1. The van der Waals surface area contributed by atoms with Gasteiger partial charge in [0.25, 0.3) is 0 Å². The Bertz CT molecular complexity index is 1190. The summed E-state index contributed by atoms with van der Waals surface area (Å²) in [6.45, 7) is 1.15. The molecule has 8 nitrogen and oxygen atoms in total. The molecule has 166 valence electrons. The third kappa shape index (κ3) is 4.95. The number of sulfonamides is 1. The van der Waals surface area contributed by atoms with E-state index in [0.29, 0.717) is 36.7 Å². The molecule has 0 saturated carbocycles. The highest BCUT2D eigenvalue weighted by Crippen LogP contribution is 2.22. The second kappa shape index (κ2) is 9.46. The molecule has 1 fully saturated rings. The minimum atomic E-state index is -3.43. The highest BCUT2D eigenvalue weighted by atomic mass is 32.2. The number of carboxylic acids is 1. The van der Waals surface area contributed by atoms with Gasteiger partial charge in [0.2, 0.25) is 10.0 Å². The van der Waals surface area contributed by atoms with Crippen LogP contribution in [0.3, 0.4) is 0 Å². The minimum Gasteiger partial charge on any atom is -0.477 e. The number of anilines is 2. The third-order valence-electron chi connectivity index (χ3n) is 5.37. The SMILES string of the molecule is O=C(O)c1cnc(CCc2ccc(S(=O)(=O)N3CCCC3)cc2)nc1Nc1ccccc1. The number of hydrogen-bond donors (Lipinski definition) is 2. The van der Waals surface area contributed by atoms with E-state index in [1.807, 2.05) is 30.3 Å². The van der Waals surface area contributed by atoms with Crippen molar-refractivity contribution in [3.8, 4) is 0 Å². The molecule has 0 spiro atoms. The zero-order chi connectivity index (χ0) is 22.6. The molecule has 2 aromatic carbocycles. The lowest BCUT2D eigenvalue weighted by Gasteiger charge is -2.15. The van der Waals surface area contributed by atoms with Gasteiger partial charge in [0, 0.05) is 31.4 Å². The van der Waals surface area contributed by atoms with E-state index in [2.05, 4.69) is 15.3 Å². The van der Waals surface area contributed by atoms with Crippen LogP contribution in [-0.4, -0.2) is 46.9 Å². The number of aromatic carboxylic acids is 1. The number of nitrogens with zero attached hydrogens (tertiary/aromatic N) is 3. The van der Waals surface area contributed by atoms with E-state index < -0.39 is 16.0 Å². The van der Waals surface area contributed by atoms with E-state index in [1.165, 1.54) is 10.5 Å².